The average Bonchev–Trinajstić information content (AvgIpc) is 3.22. The first kappa shape index (κ1) is 18.0. The van der Waals surface area contributed by atoms with Gasteiger partial charge in [0.25, 0.3) is 5.91 Å². The molecule has 0 unspecified atom stereocenters. The Morgan fingerprint density at radius 2 is 1.81 bits per heavy atom. The molecule has 4 rings (SSSR count). The highest BCUT2D eigenvalue weighted by Crippen LogP contribution is 2.27. The molecule has 2 atom stereocenters. The van der Waals surface area contributed by atoms with Crippen LogP contribution in [0.15, 0.2) is 30.3 Å². The Morgan fingerprint density at radius 3 is 2.52 bits per heavy atom. The van der Waals surface area contributed by atoms with Crippen LogP contribution in [0.2, 0.25) is 0 Å². The molecule has 2 aliphatic heterocycles. The first-order valence-electron chi connectivity index (χ1n) is 9.67. The van der Waals surface area contributed by atoms with Crippen molar-refractivity contribution in [3.8, 4) is 0 Å². The Kier molecular flexibility index (Phi) is 5.11. The Morgan fingerprint density at radius 1 is 1.07 bits per heavy atom. The molecule has 1 aliphatic carbocycles. The fourth-order valence-corrected chi connectivity index (χ4v) is 4.34. The molecule has 1 aromatic carbocycles. The minimum Gasteiger partial charge on any atom is -0.356 e. The van der Waals surface area contributed by atoms with Gasteiger partial charge in [-0.05, 0) is 18.4 Å². The molecule has 27 heavy (non-hydrogen) atoms. The van der Waals surface area contributed by atoms with Gasteiger partial charge < -0.3 is 19.9 Å². The van der Waals surface area contributed by atoms with Gasteiger partial charge in [0.05, 0.1) is 12.6 Å². The van der Waals surface area contributed by atoms with Crippen LogP contribution in [0, 0.1) is 0 Å². The molecular formula is C20H25N3O4. The number of hydrogen-bond donors (Lipinski definition) is 1. The minimum absolute atomic E-state index is 0.0117. The Hall–Kier alpha value is -2.41. The molecule has 0 bridgehead atoms. The lowest BCUT2D eigenvalue weighted by Gasteiger charge is -2.40. The second-order valence-corrected chi connectivity index (χ2v) is 7.47. The van der Waals surface area contributed by atoms with Crippen LogP contribution < -0.4 is 5.32 Å². The van der Waals surface area contributed by atoms with Crippen LogP contribution in [-0.2, 0) is 19.1 Å². The van der Waals surface area contributed by atoms with Crippen LogP contribution in [-0.4, -0.2) is 65.9 Å². The van der Waals surface area contributed by atoms with Gasteiger partial charge in [0.2, 0.25) is 11.8 Å². The third-order valence-corrected chi connectivity index (χ3v) is 5.75. The van der Waals surface area contributed by atoms with Crippen molar-refractivity contribution in [3.05, 3.63) is 35.9 Å². The maximum atomic E-state index is 13.1. The Balaban J connectivity index is 1.46. The zero-order valence-corrected chi connectivity index (χ0v) is 15.3. The summed E-state index contributed by atoms with van der Waals surface area (Å²) >= 11 is 0. The molecule has 1 aromatic rings. The van der Waals surface area contributed by atoms with Gasteiger partial charge in [0.15, 0.2) is 6.10 Å². The van der Waals surface area contributed by atoms with Gasteiger partial charge in [0.1, 0.15) is 6.61 Å². The minimum atomic E-state index is -0.809. The normalized spacial score (nSPS) is 27.0. The molecule has 7 nitrogen and oxygen atoms in total. The number of benzene rings is 1. The van der Waals surface area contributed by atoms with Crippen molar-refractivity contribution in [1.29, 1.82) is 0 Å². The van der Waals surface area contributed by atoms with E-state index in [-0.39, 0.29) is 30.9 Å². The van der Waals surface area contributed by atoms with Gasteiger partial charge in [-0.1, -0.05) is 43.2 Å². The van der Waals surface area contributed by atoms with Crippen LogP contribution in [0.5, 0.6) is 0 Å². The number of amides is 3. The summed E-state index contributed by atoms with van der Waals surface area (Å²) in [6.45, 7) is 1.03. The van der Waals surface area contributed by atoms with E-state index in [1.807, 2.05) is 35.2 Å². The van der Waals surface area contributed by atoms with E-state index in [1.165, 1.54) is 12.8 Å². The molecule has 144 valence electrons. The summed E-state index contributed by atoms with van der Waals surface area (Å²) in [5.41, 5.74) is 0.819. The Labute approximate surface area is 158 Å². The van der Waals surface area contributed by atoms with Crippen molar-refractivity contribution in [2.75, 3.05) is 26.2 Å². The number of nitrogens with zero attached hydrogens (tertiary/aromatic N) is 2. The van der Waals surface area contributed by atoms with E-state index < -0.39 is 12.1 Å². The molecule has 7 heteroatoms. The molecule has 0 radical (unpaired) electrons. The average molecular weight is 371 g/mol. The van der Waals surface area contributed by atoms with Crippen LogP contribution >= 0.6 is 0 Å². The zero-order chi connectivity index (χ0) is 18.8. The van der Waals surface area contributed by atoms with Crippen LogP contribution in [0.1, 0.15) is 37.3 Å². The van der Waals surface area contributed by atoms with Crippen molar-refractivity contribution in [3.63, 3.8) is 0 Å². The first-order chi connectivity index (χ1) is 13.1. The highest BCUT2D eigenvalue weighted by Gasteiger charge is 2.41. The van der Waals surface area contributed by atoms with Crippen molar-refractivity contribution < 1.29 is 19.1 Å². The number of rotatable bonds is 3. The summed E-state index contributed by atoms with van der Waals surface area (Å²) in [7, 11) is 0. The maximum absolute atomic E-state index is 13.1. The van der Waals surface area contributed by atoms with Crippen molar-refractivity contribution in [1.82, 2.24) is 15.1 Å². The number of nitrogens with one attached hydrogen (secondary N) is 1. The zero-order valence-electron chi connectivity index (χ0n) is 15.3. The molecular weight excluding hydrogens is 346 g/mol. The summed E-state index contributed by atoms with van der Waals surface area (Å²) < 4.78 is 5.61. The van der Waals surface area contributed by atoms with E-state index in [1.54, 1.807) is 4.90 Å². The summed E-state index contributed by atoms with van der Waals surface area (Å²) in [5.74, 6) is -0.462. The van der Waals surface area contributed by atoms with E-state index >= 15 is 0 Å². The van der Waals surface area contributed by atoms with Gasteiger partial charge in [-0.25, -0.2) is 0 Å². The smallest absolute Gasteiger partial charge is 0.254 e. The SMILES string of the molecule is O=C1CO[C@H](C(=O)N2CCN(C3CCCC3)C(=O)C2)[C@@H](c2ccccc2)N1. The number of morpholine rings is 1. The fourth-order valence-electron chi connectivity index (χ4n) is 4.34. The van der Waals surface area contributed by atoms with E-state index in [0.717, 1.165) is 18.4 Å². The lowest BCUT2D eigenvalue weighted by Crippen LogP contribution is -2.59. The van der Waals surface area contributed by atoms with Crippen LogP contribution in [0.3, 0.4) is 0 Å². The topological polar surface area (TPSA) is 79.0 Å². The fraction of sp³-hybridized carbons (Fsp3) is 0.550. The van der Waals surface area contributed by atoms with Crippen molar-refractivity contribution in [2.24, 2.45) is 0 Å². The maximum Gasteiger partial charge on any atom is 0.254 e. The van der Waals surface area contributed by atoms with E-state index in [4.69, 9.17) is 4.74 Å². The van der Waals surface area contributed by atoms with Crippen molar-refractivity contribution >= 4 is 17.7 Å². The molecule has 2 saturated heterocycles. The monoisotopic (exact) mass is 371 g/mol. The highest BCUT2D eigenvalue weighted by atomic mass is 16.5. The van der Waals surface area contributed by atoms with Crippen molar-refractivity contribution in [2.45, 2.75) is 43.9 Å². The number of piperazine rings is 1. The van der Waals surface area contributed by atoms with Gasteiger partial charge in [0, 0.05) is 19.1 Å². The largest absolute Gasteiger partial charge is 0.356 e. The predicted molar refractivity (Wildman–Crippen MR) is 97.6 cm³/mol. The molecule has 1 N–H and O–H groups in total. The summed E-state index contributed by atoms with van der Waals surface area (Å²) in [4.78, 5) is 41.0. The molecule has 3 aliphatic rings. The third kappa shape index (κ3) is 3.69. The summed E-state index contributed by atoms with van der Waals surface area (Å²) in [5, 5.41) is 2.86. The number of carbonyl (C=O) groups is 3. The van der Waals surface area contributed by atoms with Gasteiger partial charge in [-0.15, -0.1) is 0 Å². The molecule has 0 aromatic heterocycles. The van der Waals surface area contributed by atoms with E-state index in [2.05, 4.69) is 5.32 Å². The Bertz CT molecular complexity index is 717. The molecule has 2 heterocycles. The highest BCUT2D eigenvalue weighted by molar-refractivity contribution is 5.90. The third-order valence-electron chi connectivity index (χ3n) is 5.75. The number of ether oxygens (including phenoxy) is 1. The van der Waals surface area contributed by atoms with E-state index in [9.17, 15) is 14.4 Å². The second-order valence-electron chi connectivity index (χ2n) is 7.47. The van der Waals surface area contributed by atoms with Gasteiger partial charge in [-0.2, -0.15) is 0 Å². The summed E-state index contributed by atoms with van der Waals surface area (Å²) in [6, 6.07) is 9.13. The molecule has 3 fully saturated rings. The second kappa shape index (κ2) is 7.68. The van der Waals surface area contributed by atoms with Crippen LogP contribution in [0.25, 0.3) is 0 Å². The quantitative estimate of drug-likeness (QED) is 0.855. The standard InChI is InChI=1S/C20H25N3O4/c24-16-13-27-19(18(21-16)14-6-2-1-3-7-14)20(26)22-10-11-23(17(25)12-22)15-8-4-5-9-15/h1-3,6-7,15,18-19H,4-5,8-13H2,(H,21,24)/t18-,19+/m1/s1. The van der Waals surface area contributed by atoms with Gasteiger partial charge >= 0.3 is 0 Å². The number of carbonyl (C=O) groups excluding carboxylic acids is 3. The summed E-state index contributed by atoms with van der Waals surface area (Å²) in [6.07, 6.45) is 3.66. The van der Waals surface area contributed by atoms with Crippen LogP contribution in [0.4, 0.5) is 0 Å². The van der Waals surface area contributed by atoms with Gasteiger partial charge in [-0.3, -0.25) is 14.4 Å². The number of hydrogen-bond acceptors (Lipinski definition) is 4. The lowest BCUT2D eigenvalue weighted by atomic mass is 9.98. The van der Waals surface area contributed by atoms with E-state index in [0.29, 0.717) is 19.1 Å². The lowest BCUT2D eigenvalue weighted by molar-refractivity contribution is -0.161. The molecule has 3 amide bonds. The molecule has 1 saturated carbocycles. The predicted octanol–water partition coefficient (Wildman–Crippen LogP) is 0.856. The first-order valence-corrected chi connectivity index (χ1v) is 9.67. The molecule has 0 spiro atoms.